The first-order valence-electron chi connectivity index (χ1n) is 8.45. The number of amides is 1. The van der Waals surface area contributed by atoms with Gasteiger partial charge in [-0.05, 0) is 45.6 Å². The number of likely N-dealkylation sites (N-methyl/N-ethyl adjacent to an activating group) is 1. The molecule has 0 heterocycles. The van der Waals surface area contributed by atoms with Crippen molar-refractivity contribution in [2.45, 2.75) is 31.6 Å². The van der Waals surface area contributed by atoms with Gasteiger partial charge in [0.15, 0.2) is 0 Å². The normalized spacial score (nSPS) is 13.5. The fourth-order valence-electron chi connectivity index (χ4n) is 2.75. The minimum atomic E-state index is -4.70. The summed E-state index contributed by atoms with van der Waals surface area (Å²) in [6.07, 6.45) is -4.70. The van der Waals surface area contributed by atoms with Gasteiger partial charge in [-0.25, -0.2) is 0 Å². The molecular weight excluding hydrogens is 412 g/mol. The number of nitrogens with one attached hydrogen (secondary N) is 1. The molecule has 0 spiro atoms. The number of carbonyl (C=O) groups excluding carboxylic acids is 1. The average molecular weight is 433 g/mol. The van der Waals surface area contributed by atoms with E-state index in [0.717, 1.165) is 17.7 Å². The summed E-state index contributed by atoms with van der Waals surface area (Å²) in [5.74, 6) is -0.773. The molecular formula is C20H21Cl2F3N2O. The van der Waals surface area contributed by atoms with Gasteiger partial charge in [-0.1, -0.05) is 53.5 Å². The third-order valence-corrected chi connectivity index (χ3v) is 5.60. The van der Waals surface area contributed by atoms with Gasteiger partial charge in [0.2, 0.25) is 0 Å². The maximum absolute atomic E-state index is 13.2. The van der Waals surface area contributed by atoms with Crippen LogP contribution >= 0.6 is 23.2 Å². The van der Waals surface area contributed by atoms with Gasteiger partial charge in [0.25, 0.3) is 5.91 Å². The van der Waals surface area contributed by atoms with Crippen molar-refractivity contribution in [3.8, 4) is 0 Å². The Morgan fingerprint density at radius 3 is 2.11 bits per heavy atom. The Kier molecular flexibility index (Phi) is 6.69. The first-order chi connectivity index (χ1) is 12.9. The second kappa shape index (κ2) is 8.31. The smallest absolute Gasteiger partial charge is 0.343 e. The third-order valence-electron chi connectivity index (χ3n) is 4.89. The van der Waals surface area contributed by atoms with E-state index in [1.54, 1.807) is 0 Å². The predicted octanol–water partition coefficient (Wildman–Crippen LogP) is 5.82. The second-order valence-electron chi connectivity index (χ2n) is 7.15. The molecule has 8 heteroatoms. The summed E-state index contributed by atoms with van der Waals surface area (Å²) in [4.78, 5) is 14.9. The van der Waals surface area contributed by atoms with E-state index in [-0.39, 0.29) is 5.02 Å². The van der Waals surface area contributed by atoms with Gasteiger partial charge in [0, 0.05) is 5.54 Å². The summed E-state index contributed by atoms with van der Waals surface area (Å²) in [5.41, 5.74) is -1.26. The molecule has 0 aliphatic rings. The van der Waals surface area contributed by atoms with Crippen molar-refractivity contribution in [2.24, 2.45) is 0 Å². The van der Waals surface area contributed by atoms with Crippen molar-refractivity contribution in [1.29, 1.82) is 0 Å². The molecule has 28 heavy (non-hydrogen) atoms. The van der Waals surface area contributed by atoms with Crippen LogP contribution in [-0.4, -0.2) is 30.4 Å². The fraction of sp³-hybridized carbons (Fsp3) is 0.350. The van der Waals surface area contributed by atoms with Crippen molar-refractivity contribution in [1.82, 2.24) is 10.2 Å². The molecule has 0 fully saturated rings. The van der Waals surface area contributed by atoms with Crippen molar-refractivity contribution in [3.63, 3.8) is 0 Å². The summed E-state index contributed by atoms with van der Waals surface area (Å²) in [5, 5.41) is 1.95. The van der Waals surface area contributed by atoms with Gasteiger partial charge in [-0.3, -0.25) is 4.79 Å². The Balaban J connectivity index is 2.51. The van der Waals surface area contributed by atoms with Crippen LogP contribution in [0.5, 0.6) is 0 Å². The number of halogens is 5. The highest BCUT2D eigenvalue weighted by Crippen LogP contribution is 2.39. The van der Waals surface area contributed by atoms with E-state index < -0.39 is 39.8 Å². The number of alkyl halides is 3. The highest BCUT2D eigenvalue weighted by atomic mass is 35.5. The molecule has 1 N–H and O–H groups in total. The molecule has 0 saturated carbocycles. The Hall–Kier alpha value is -1.76. The summed E-state index contributed by atoms with van der Waals surface area (Å²) in [7, 11) is 3.71. The molecule has 2 aromatic carbocycles. The molecule has 0 aromatic heterocycles. The zero-order chi connectivity index (χ0) is 21.3. The van der Waals surface area contributed by atoms with E-state index in [1.165, 1.54) is 0 Å². The minimum Gasteiger partial charge on any atom is -0.343 e. The van der Waals surface area contributed by atoms with Crippen LogP contribution in [0.1, 0.15) is 41.4 Å². The SMILES string of the molecule is CN(C)C(C)(C)C(NC(=O)c1c(Cl)ccc(C(F)(F)F)c1Cl)c1ccccc1. The maximum atomic E-state index is 13.2. The number of nitrogens with zero attached hydrogens (tertiary/aromatic N) is 1. The van der Waals surface area contributed by atoms with Crippen LogP contribution in [0.3, 0.4) is 0 Å². The Bertz CT molecular complexity index is 853. The number of hydrogen-bond acceptors (Lipinski definition) is 2. The lowest BCUT2D eigenvalue weighted by molar-refractivity contribution is -0.137. The zero-order valence-corrected chi connectivity index (χ0v) is 17.4. The van der Waals surface area contributed by atoms with Crippen LogP contribution in [0.15, 0.2) is 42.5 Å². The highest BCUT2D eigenvalue weighted by Gasteiger charge is 2.38. The quantitative estimate of drug-likeness (QED) is 0.644. The van der Waals surface area contributed by atoms with Crippen LogP contribution in [0, 0.1) is 0 Å². The predicted molar refractivity (Wildman–Crippen MR) is 106 cm³/mol. The molecule has 1 atom stereocenters. The summed E-state index contributed by atoms with van der Waals surface area (Å²) < 4.78 is 39.5. The van der Waals surface area contributed by atoms with E-state index in [1.807, 2.05) is 63.2 Å². The van der Waals surface area contributed by atoms with Gasteiger partial charge in [0.05, 0.1) is 27.2 Å². The van der Waals surface area contributed by atoms with Crippen molar-refractivity contribution in [3.05, 3.63) is 69.2 Å². The molecule has 2 rings (SSSR count). The lowest BCUT2D eigenvalue weighted by Crippen LogP contribution is -2.50. The van der Waals surface area contributed by atoms with E-state index in [4.69, 9.17) is 23.2 Å². The topological polar surface area (TPSA) is 32.3 Å². The van der Waals surface area contributed by atoms with Crippen LogP contribution in [0.2, 0.25) is 10.0 Å². The minimum absolute atomic E-state index is 0.148. The van der Waals surface area contributed by atoms with E-state index in [2.05, 4.69) is 5.32 Å². The molecule has 1 amide bonds. The monoisotopic (exact) mass is 432 g/mol. The zero-order valence-electron chi connectivity index (χ0n) is 15.9. The Morgan fingerprint density at radius 2 is 1.61 bits per heavy atom. The van der Waals surface area contributed by atoms with Gasteiger partial charge in [-0.2, -0.15) is 13.2 Å². The summed E-state index contributed by atoms with van der Waals surface area (Å²) in [6.45, 7) is 3.83. The third kappa shape index (κ3) is 4.62. The second-order valence-corrected chi connectivity index (χ2v) is 7.93. The van der Waals surface area contributed by atoms with Crippen LogP contribution in [0.4, 0.5) is 13.2 Å². The summed E-state index contributed by atoms with van der Waals surface area (Å²) >= 11 is 12.0. The average Bonchev–Trinajstić information content (AvgIpc) is 2.59. The molecule has 0 aliphatic heterocycles. The number of carbonyl (C=O) groups is 1. The fourth-order valence-corrected chi connectivity index (χ4v) is 3.40. The standard InChI is InChI=1S/C20H21Cl2F3N2O/c1-19(2,27(3)4)17(12-8-6-5-7-9-12)26-18(28)15-14(21)11-10-13(16(15)22)20(23,24)25/h5-11,17H,1-4H3,(H,26,28). The van der Waals surface area contributed by atoms with Crippen LogP contribution in [-0.2, 0) is 6.18 Å². The number of benzene rings is 2. The van der Waals surface area contributed by atoms with Crippen LogP contribution < -0.4 is 5.32 Å². The first kappa shape index (κ1) is 22.5. The maximum Gasteiger partial charge on any atom is 0.417 e. The molecule has 0 bridgehead atoms. The van der Waals surface area contributed by atoms with Crippen LogP contribution in [0.25, 0.3) is 0 Å². The summed E-state index contributed by atoms with van der Waals surface area (Å²) in [6, 6.07) is 10.4. The number of hydrogen-bond donors (Lipinski definition) is 1. The molecule has 0 aliphatic carbocycles. The van der Waals surface area contributed by atoms with Gasteiger partial charge < -0.3 is 10.2 Å². The molecule has 0 radical (unpaired) electrons. The van der Waals surface area contributed by atoms with E-state index in [9.17, 15) is 18.0 Å². The van der Waals surface area contributed by atoms with Gasteiger partial charge in [-0.15, -0.1) is 0 Å². The van der Waals surface area contributed by atoms with Gasteiger partial charge >= 0.3 is 6.18 Å². The lowest BCUT2D eigenvalue weighted by atomic mass is 9.87. The molecule has 3 nitrogen and oxygen atoms in total. The van der Waals surface area contributed by atoms with E-state index >= 15 is 0 Å². The van der Waals surface area contributed by atoms with Crippen molar-refractivity contribution < 1.29 is 18.0 Å². The van der Waals surface area contributed by atoms with Crippen molar-refractivity contribution >= 4 is 29.1 Å². The highest BCUT2D eigenvalue weighted by molar-refractivity contribution is 6.40. The lowest BCUT2D eigenvalue weighted by Gasteiger charge is -2.41. The van der Waals surface area contributed by atoms with E-state index in [0.29, 0.717) is 0 Å². The number of rotatable bonds is 5. The Labute approximate surface area is 172 Å². The first-order valence-corrected chi connectivity index (χ1v) is 9.21. The molecule has 1 unspecified atom stereocenters. The molecule has 2 aromatic rings. The Morgan fingerprint density at radius 1 is 1.04 bits per heavy atom. The molecule has 152 valence electrons. The van der Waals surface area contributed by atoms with Crippen molar-refractivity contribution in [2.75, 3.05) is 14.1 Å². The largest absolute Gasteiger partial charge is 0.417 e. The van der Waals surface area contributed by atoms with Gasteiger partial charge in [0.1, 0.15) is 0 Å². The molecule has 0 saturated heterocycles.